The van der Waals surface area contributed by atoms with Gasteiger partial charge in [0.25, 0.3) is 0 Å². The first-order valence-electron chi connectivity index (χ1n) is 13.8. The second-order valence-electron chi connectivity index (χ2n) is 16.1. The van der Waals surface area contributed by atoms with Gasteiger partial charge in [-0.15, -0.1) is 0 Å². The van der Waals surface area contributed by atoms with Crippen molar-refractivity contribution in [2.75, 3.05) is 0 Å². The van der Waals surface area contributed by atoms with Crippen molar-refractivity contribution in [1.82, 2.24) is 0 Å². The molecule has 0 heteroatoms. The summed E-state index contributed by atoms with van der Waals surface area (Å²) in [6.45, 7) is 38.4. The van der Waals surface area contributed by atoms with Crippen molar-refractivity contribution < 1.29 is 0 Å². The summed E-state index contributed by atoms with van der Waals surface area (Å²) in [6, 6.07) is 11.7. The van der Waals surface area contributed by atoms with E-state index < -0.39 is 0 Å². The van der Waals surface area contributed by atoms with Crippen LogP contribution >= 0.6 is 0 Å². The van der Waals surface area contributed by atoms with E-state index in [4.69, 9.17) is 0 Å². The van der Waals surface area contributed by atoms with Gasteiger partial charge in [0.15, 0.2) is 0 Å². The third kappa shape index (κ3) is 6.61. The van der Waals surface area contributed by atoms with Crippen LogP contribution in [-0.2, 0) is 33.5 Å². The molecule has 0 amide bonds. The van der Waals surface area contributed by atoms with Gasteiger partial charge in [-0.3, -0.25) is 0 Å². The van der Waals surface area contributed by atoms with Crippen molar-refractivity contribution >= 4 is 0 Å². The molecule has 0 spiro atoms. The van der Waals surface area contributed by atoms with Crippen LogP contribution in [0.2, 0.25) is 0 Å². The van der Waals surface area contributed by atoms with E-state index in [0.29, 0.717) is 5.92 Å². The number of benzene rings is 2. The molecule has 0 radical (unpaired) electrons. The highest BCUT2D eigenvalue weighted by Gasteiger charge is 2.38. The van der Waals surface area contributed by atoms with E-state index in [1.807, 2.05) is 0 Å². The Morgan fingerprint density at radius 3 is 1.23 bits per heavy atom. The van der Waals surface area contributed by atoms with Gasteiger partial charge in [0.2, 0.25) is 0 Å². The Hall–Kier alpha value is -1.56. The smallest absolute Gasteiger partial charge is 0.0126 e. The third-order valence-corrected chi connectivity index (χ3v) is 7.33. The maximum atomic E-state index is 2.58. The van der Waals surface area contributed by atoms with Crippen molar-refractivity contribution in [3.63, 3.8) is 0 Å². The van der Waals surface area contributed by atoms with Crippen LogP contribution < -0.4 is 0 Å². The van der Waals surface area contributed by atoms with E-state index in [-0.39, 0.29) is 27.1 Å². The van der Waals surface area contributed by atoms with E-state index in [9.17, 15) is 0 Å². The van der Waals surface area contributed by atoms with E-state index in [0.717, 1.165) is 6.42 Å². The van der Waals surface area contributed by atoms with Gasteiger partial charge < -0.3 is 0 Å². The molecule has 2 aromatic carbocycles. The lowest BCUT2D eigenvalue weighted by Gasteiger charge is -2.42. The van der Waals surface area contributed by atoms with Crippen LogP contribution in [0, 0.1) is 0 Å². The molecule has 0 fully saturated rings. The Bertz CT molecular complexity index is 978. The summed E-state index contributed by atoms with van der Waals surface area (Å²) < 4.78 is 0. The molecule has 0 saturated heterocycles. The maximum Gasteiger partial charge on any atom is -0.0126 e. The molecule has 0 nitrogen and oxygen atoms in total. The zero-order valence-corrected chi connectivity index (χ0v) is 26.2. The summed E-state index contributed by atoms with van der Waals surface area (Å²) in [5.74, 6) is 0.422. The monoisotopic (exact) mass is 476 g/mol. The van der Waals surface area contributed by atoms with Crippen molar-refractivity contribution in [3.8, 4) is 0 Å². The summed E-state index contributed by atoms with van der Waals surface area (Å²) >= 11 is 0. The minimum absolute atomic E-state index is 0.0617. The molecule has 196 valence electrons. The largest absolute Gasteiger partial charge is 0.0620 e. The Labute approximate surface area is 219 Å². The summed E-state index contributed by atoms with van der Waals surface area (Å²) in [7, 11) is 0. The van der Waals surface area contributed by atoms with Crippen LogP contribution in [0.25, 0.3) is 0 Å². The first-order valence-corrected chi connectivity index (χ1v) is 13.8. The maximum absolute atomic E-state index is 2.58. The van der Waals surface area contributed by atoms with Crippen LogP contribution in [0.3, 0.4) is 0 Å². The van der Waals surface area contributed by atoms with E-state index in [1.165, 1.54) is 22.3 Å². The highest BCUT2D eigenvalue weighted by Crippen LogP contribution is 2.48. The van der Waals surface area contributed by atoms with Crippen LogP contribution in [0.1, 0.15) is 156 Å². The average molecular weight is 477 g/mol. The molecule has 0 heterocycles. The Morgan fingerprint density at radius 2 is 0.886 bits per heavy atom. The van der Waals surface area contributed by atoms with Crippen molar-refractivity contribution in [2.24, 2.45) is 0 Å². The van der Waals surface area contributed by atoms with Gasteiger partial charge in [0, 0.05) is 0 Å². The van der Waals surface area contributed by atoms with Crippen molar-refractivity contribution in [2.45, 2.75) is 150 Å². The summed E-state index contributed by atoms with van der Waals surface area (Å²) in [4.78, 5) is 0. The summed E-state index contributed by atoms with van der Waals surface area (Å²) in [6.07, 6.45) is 1.07. The topological polar surface area (TPSA) is 0 Å². The molecule has 2 aromatic rings. The predicted molar refractivity (Wildman–Crippen MR) is 159 cm³/mol. The van der Waals surface area contributed by atoms with Gasteiger partial charge in [-0.05, 0) is 78.4 Å². The van der Waals surface area contributed by atoms with Gasteiger partial charge in [0.1, 0.15) is 0 Å². The van der Waals surface area contributed by atoms with E-state index >= 15 is 0 Å². The number of rotatable bonds is 3. The lowest BCUT2D eigenvalue weighted by atomic mass is 9.62. The molecule has 0 aromatic heterocycles. The quantitative estimate of drug-likeness (QED) is 0.413. The Morgan fingerprint density at radius 1 is 0.514 bits per heavy atom. The summed E-state index contributed by atoms with van der Waals surface area (Å²) in [5.41, 5.74) is 11.2. The van der Waals surface area contributed by atoms with Crippen LogP contribution in [0.5, 0.6) is 0 Å². The van der Waals surface area contributed by atoms with Crippen LogP contribution in [0.4, 0.5) is 0 Å². The van der Waals surface area contributed by atoms with E-state index in [2.05, 4.69) is 141 Å². The predicted octanol–water partition coefficient (Wildman–Crippen LogP) is 10.5. The number of hydrogen-bond donors (Lipinski definition) is 0. The molecule has 0 aliphatic heterocycles. The first-order chi connectivity index (χ1) is 15.5. The lowest BCUT2D eigenvalue weighted by Crippen LogP contribution is -2.32. The fourth-order valence-corrected chi connectivity index (χ4v) is 5.86. The van der Waals surface area contributed by atoms with Gasteiger partial charge in [-0.25, -0.2) is 0 Å². The molecule has 0 saturated carbocycles. The number of hydrogen-bond acceptors (Lipinski definition) is 0. The Kier molecular flexibility index (Phi) is 7.96. The first kappa shape index (κ1) is 29.7. The SMILES string of the molecule is CC(Cc1ccccc1C(C)(C)C)c1c(C(C)(C)C)c(C(C)(C)C)cc(C(C)(C)C)c1C(C)(C)C. The molecule has 1 atom stereocenters. The van der Waals surface area contributed by atoms with Gasteiger partial charge in [-0.1, -0.05) is 141 Å². The lowest BCUT2D eigenvalue weighted by molar-refractivity contribution is 0.483. The third-order valence-electron chi connectivity index (χ3n) is 7.33. The molecule has 0 aliphatic rings. The van der Waals surface area contributed by atoms with Gasteiger partial charge in [0.05, 0.1) is 0 Å². The fraction of sp³-hybridized carbons (Fsp3) is 0.657. The van der Waals surface area contributed by atoms with Crippen molar-refractivity contribution in [3.05, 3.63) is 69.3 Å². The zero-order chi connectivity index (χ0) is 27.4. The molecule has 2 rings (SSSR count). The van der Waals surface area contributed by atoms with Gasteiger partial charge >= 0.3 is 0 Å². The molecular formula is C35H56. The van der Waals surface area contributed by atoms with Crippen LogP contribution in [0.15, 0.2) is 30.3 Å². The molecule has 1 unspecified atom stereocenters. The minimum atomic E-state index is 0.0617. The minimum Gasteiger partial charge on any atom is -0.0620 e. The molecule has 35 heavy (non-hydrogen) atoms. The highest BCUT2D eigenvalue weighted by atomic mass is 14.4. The summed E-state index contributed by atoms with van der Waals surface area (Å²) in [5, 5.41) is 0. The average Bonchev–Trinajstić information content (AvgIpc) is 2.62. The van der Waals surface area contributed by atoms with Crippen LogP contribution in [-0.4, -0.2) is 0 Å². The Balaban J connectivity index is 3.05. The van der Waals surface area contributed by atoms with E-state index in [1.54, 1.807) is 16.7 Å². The standard InChI is InChI=1S/C35H56/c1-23(21-24-19-17-18-20-25(24)31(2,3)4)28-29(34(11,12)13)26(32(5,6)7)22-27(33(8,9)10)30(28)35(14,15)16/h17-20,22-23H,21H2,1-16H3. The fourth-order valence-electron chi connectivity index (χ4n) is 5.86. The zero-order valence-electron chi connectivity index (χ0n) is 26.2. The van der Waals surface area contributed by atoms with Crippen molar-refractivity contribution in [1.29, 1.82) is 0 Å². The normalized spacial score (nSPS) is 14.9. The molecule has 0 aliphatic carbocycles. The molecule has 0 N–H and O–H groups in total. The second-order valence-corrected chi connectivity index (χ2v) is 16.1. The highest BCUT2D eigenvalue weighted by molar-refractivity contribution is 5.57. The second kappa shape index (κ2) is 9.39. The van der Waals surface area contributed by atoms with Gasteiger partial charge in [-0.2, -0.15) is 0 Å². The molecule has 0 bridgehead atoms. The molecular weight excluding hydrogens is 420 g/mol.